The van der Waals surface area contributed by atoms with Gasteiger partial charge in [0, 0.05) is 22.6 Å². The van der Waals surface area contributed by atoms with Gasteiger partial charge < -0.3 is 4.90 Å². The molecule has 15 heavy (non-hydrogen) atoms. The van der Waals surface area contributed by atoms with Gasteiger partial charge >= 0.3 is 0 Å². The molecule has 3 heteroatoms. The average Bonchev–Trinajstić information content (AvgIpc) is 2.21. The van der Waals surface area contributed by atoms with Crippen molar-refractivity contribution < 1.29 is 0 Å². The monoisotopic (exact) mass is 289 g/mol. The van der Waals surface area contributed by atoms with Crippen LogP contribution in [0, 0.1) is 0 Å². The minimum absolute atomic E-state index is 0.797. The molecule has 84 valence electrons. The number of nitrogens with zero attached hydrogens (tertiary/aromatic N) is 1. The molecular weight excluding hydrogens is 273 g/mol. The molecule has 0 saturated heterocycles. The Morgan fingerprint density at radius 1 is 1.20 bits per heavy atom. The van der Waals surface area contributed by atoms with E-state index in [9.17, 15) is 0 Å². The lowest BCUT2D eigenvalue weighted by Crippen LogP contribution is -2.25. The molecular formula is C12H17BrClN. The highest BCUT2D eigenvalue weighted by Gasteiger charge is 2.08. The van der Waals surface area contributed by atoms with Gasteiger partial charge in [-0.2, -0.15) is 0 Å². The summed E-state index contributed by atoms with van der Waals surface area (Å²) < 4.78 is 1.12. The van der Waals surface area contributed by atoms with Crippen molar-refractivity contribution in [3.63, 3.8) is 0 Å². The first kappa shape index (κ1) is 12.9. The second kappa shape index (κ2) is 6.39. The van der Waals surface area contributed by atoms with Crippen LogP contribution in [0.2, 0.25) is 5.02 Å². The van der Waals surface area contributed by atoms with Crippen molar-refractivity contribution in [2.75, 3.05) is 18.0 Å². The molecule has 0 unspecified atom stereocenters. The number of hydrogen-bond acceptors (Lipinski definition) is 1. The largest absolute Gasteiger partial charge is 0.371 e. The normalized spacial score (nSPS) is 10.4. The number of anilines is 1. The fraction of sp³-hybridized carbons (Fsp3) is 0.500. The van der Waals surface area contributed by atoms with Gasteiger partial charge in [-0.3, -0.25) is 0 Å². The molecule has 1 aromatic rings. The first-order chi connectivity index (χ1) is 7.19. The lowest BCUT2D eigenvalue weighted by molar-refractivity contribution is 0.743. The lowest BCUT2D eigenvalue weighted by atomic mass is 10.2. The van der Waals surface area contributed by atoms with Crippen molar-refractivity contribution in [1.82, 2.24) is 0 Å². The molecule has 0 radical (unpaired) electrons. The summed E-state index contributed by atoms with van der Waals surface area (Å²) in [6, 6.07) is 5.94. The van der Waals surface area contributed by atoms with E-state index in [1.165, 1.54) is 5.69 Å². The maximum absolute atomic E-state index is 6.01. The van der Waals surface area contributed by atoms with Crippen molar-refractivity contribution in [1.29, 1.82) is 0 Å². The molecule has 0 aliphatic rings. The Bertz CT molecular complexity index is 308. The topological polar surface area (TPSA) is 3.24 Å². The van der Waals surface area contributed by atoms with Crippen LogP contribution in [0.4, 0.5) is 5.69 Å². The van der Waals surface area contributed by atoms with E-state index in [1.807, 2.05) is 18.2 Å². The fourth-order valence-corrected chi connectivity index (χ4v) is 2.28. The summed E-state index contributed by atoms with van der Waals surface area (Å²) in [7, 11) is 0. The maximum Gasteiger partial charge on any atom is 0.0525 e. The number of benzene rings is 1. The zero-order valence-electron chi connectivity index (χ0n) is 9.26. The van der Waals surface area contributed by atoms with Crippen LogP contribution in [-0.2, 0) is 0 Å². The van der Waals surface area contributed by atoms with Gasteiger partial charge in [0.1, 0.15) is 0 Å². The van der Waals surface area contributed by atoms with Crippen molar-refractivity contribution in [3.05, 3.63) is 27.7 Å². The van der Waals surface area contributed by atoms with E-state index in [1.54, 1.807) is 0 Å². The molecule has 0 fully saturated rings. The minimum atomic E-state index is 0.797. The molecule has 1 aromatic carbocycles. The molecule has 0 amide bonds. The summed E-state index contributed by atoms with van der Waals surface area (Å²) >= 11 is 9.58. The molecule has 0 aliphatic heterocycles. The van der Waals surface area contributed by atoms with E-state index in [0.717, 1.165) is 35.4 Å². The van der Waals surface area contributed by atoms with E-state index in [4.69, 9.17) is 11.6 Å². The summed E-state index contributed by atoms with van der Waals surface area (Å²) in [5, 5.41) is 0.797. The molecule has 1 nitrogen and oxygen atoms in total. The van der Waals surface area contributed by atoms with Gasteiger partial charge in [0.15, 0.2) is 0 Å². The van der Waals surface area contributed by atoms with Crippen LogP contribution in [0.1, 0.15) is 26.7 Å². The van der Waals surface area contributed by atoms with E-state index >= 15 is 0 Å². The molecule has 0 atom stereocenters. The summed E-state index contributed by atoms with van der Waals surface area (Å²) in [5.41, 5.74) is 1.20. The molecule has 0 saturated carbocycles. The van der Waals surface area contributed by atoms with Crippen LogP contribution in [0.25, 0.3) is 0 Å². The van der Waals surface area contributed by atoms with E-state index < -0.39 is 0 Å². The van der Waals surface area contributed by atoms with Gasteiger partial charge in [-0.15, -0.1) is 0 Å². The Balaban J connectivity index is 2.93. The summed E-state index contributed by atoms with van der Waals surface area (Å²) in [4.78, 5) is 2.37. The van der Waals surface area contributed by atoms with Crippen LogP contribution >= 0.6 is 27.5 Å². The summed E-state index contributed by atoms with van der Waals surface area (Å²) in [6.07, 6.45) is 2.30. The lowest BCUT2D eigenvalue weighted by Gasteiger charge is -2.25. The first-order valence-corrected chi connectivity index (χ1v) is 6.56. The van der Waals surface area contributed by atoms with Gasteiger partial charge in [-0.25, -0.2) is 0 Å². The SMILES string of the molecule is CCCN(CCC)c1cc(Cl)ccc1Br. The third-order valence-corrected chi connectivity index (χ3v) is 3.14. The fourth-order valence-electron chi connectivity index (χ4n) is 1.62. The second-order valence-corrected chi connectivity index (χ2v) is 4.87. The zero-order valence-corrected chi connectivity index (χ0v) is 11.6. The molecule has 0 bridgehead atoms. The van der Waals surface area contributed by atoms with E-state index in [-0.39, 0.29) is 0 Å². The minimum Gasteiger partial charge on any atom is -0.371 e. The quantitative estimate of drug-likeness (QED) is 0.758. The Labute approximate surface area is 106 Å². The predicted molar refractivity (Wildman–Crippen MR) is 71.9 cm³/mol. The molecule has 0 heterocycles. The molecule has 1 rings (SSSR count). The van der Waals surface area contributed by atoms with E-state index in [2.05, 4.69) is 34.7 Å². The third kappa shape index (κ3) is 3.69. The highest BCUT2D eigenvalue weighted by Crippen LogP contribution is 2.29. The molecule has 0 spiro atoms. The Morgan fingerprint density at radius 2 is 1.80 bits per heavy atom. The van der Waals surface area contributed by atoms with Crippen LogP contribution in [0.3, 0.4) is 0 Å². The average molecular weight is 291 g/mol. The van der Waals surface area contributed by atoms with Gasteiger partial charge in [0.25, 0.3) is 0 Å². The van der Waals surface area contributed by atoms with Crippen LogP contribution in [0.5, 0.6) is 0 Å². The smallest absolute Gasteiger partial charge is 0.0525 e. The Hall–Kier alpha value is -0.210. The first-order valence-electron chi connectivity index (χ1n) is 5.39. The highest BCUT2D eigenvalue weighted by molar-refractivity contribution is 9.10. The van der Waals surface area contributed by atoms with Crippen molar-refractivity contribution >= 4 is 33.2 Å². The van der Waals surface area contributed by atoms with Gasteiger partial charge in [0.05, 0.1) is 5.69 Å². The molecule has 0 aliphatic carbocycles. The van der Waals surface area contributed by atoms with E-state index in [0.29, 0.717) is 0 Å². The molecule has 0 N–H and O–H groups in total. The second-order valence-electron chi connectivity index (χ2n) is 3.58. The van der Waals surface area contributed by atoms with Gasteiger partial charge in [-0.05, 0) is 47.0 Å². The van der Waals surface area contributed by atoms with Gasteiger partial charge in [-0.1, -0.05) is 25.4 Å². The predicted octanol–water partition coefficient (Wildman–Crippen LogP) is 4.73. The van der Waals surface area contributed by atoms with Crippen molar-refractivity contribution in [2.45, 2.75) is 26.7 Å². The Morgan fingerprint density at radius 3 is 2.33 bits per heavy atom. The van der Waals surface area contributed by atoms with Crippen LogP contribution in [0.15, 0.2) is 22.7 Å². The van der Waals surface area contributed by atoms with Gasteiger partial charge in [0.2, 0.25) is 0 Å². The standard InChI is InChI=1S/C12H17BrClN/c1-3-7-15(8-4-2)12-9-10(14)5-6-11(12)13/h5-6,9H,3-4,7-8H2,1-2H3. The highest BCUT2D eigenvalue weighted by atomic mass is 79.9. The number of halogens is 2. The number of rotatable bonds is 5. The number of hydrogen-bond donors (Lipinski definition) is 0. The zero-order chi connectivity index (χ0) is 11.3. The Kier molecular flexibility index (Phi) is 5.48. The summed E-state index contributed by atoms with van der Waals surface area (Å²) in [6.45, 7) is 6.54. The van der Waals surface area contributed by atoms with Crippen LogP contribution < -0.4 is 4.90 Å². The van der Waals surface area contributed by atoms with Crippen molar-refractivity contribution in [2.24, 2.45) is 0 Å². The maximum atomic E-state index is 6.01. The van der Waals surface area contributed by atoms with Crippen molar-refractivity contribution in [3.8, 4) is 0 Å². The van der Waals surface area contributed by atoms with Crippen LogP contribution in [-0.4, -0.2) is 13.1 Å². The molecule has 0 aromatic heterocycles. The third-order valence-electron chi connectivity index (χ3n) is 2.24. The summed E-state index contributed by atoms with van der Waals surface area (Å²) in [5.74, 6) is 0.